The van der Waals surface area contributed by atoms with Gasteiger partial charge in [-0.2, -0.15) is 0 Å². The van der Waals surface area contributed by atoms with E-state index in [2.05, 4.69) is 6.58 Å². The number of benzene rings is 2. The molecule has 0 spiro atoms. The first-order valence-electron chi connectivity index (χ1n) is 7.52. The van der Waals surface area contributed by atoms with Crippen molar-refractivity contribution in [2.75, 3.05) is 6.61 Å². The third kappa shape index (κ3) is 2.99. The molecule has 0 bridgehead atoms. The van der Waals surface area contributed by atoms with Crippen molar-refractivity contribution in [3.63, 3.8) is 0 Å². The highest BCUT2D eigenvalue weighted by molar-refractivity contribution is 5.92. The number of aryl methyl sites for hydroxylation is 1. The fraction of sp³-hybridized carbons (Fsp3) is 0.100. The second kappa shape index (κ2) is 6.54. The number of ether oxygens (including phenoxy) is 1. The second-order valence-electron chi connectivity index (χ2n) is 5.40. The van der Waals surface area contributed by atoms with Crippen molar-refractivity contribution in [3.05, 3.63) is 82.7 Å². The van der Waals surface area contributed by atoms with Gasteiger partial charge in [-0.05, 0) is 42.3 Å². The zero-order valence-electron chi connectivity index (χ0n) is 13.2. The van der Waals surface area contributed by atoms with Crippen molar-refractivity contribution < 1.29 is 13.9 Å². The fourth-order valence-corrected chi connectivity index (χ4v) is 2.51. The lowest BCUT2D eigenvalue weighted by molar-refractivity contribution is 0.0550. The number of hydrogen-bond acceptors (Lipinski definition) is 4. The molecule has 0 saturated carbocycles. The van der Waals surface area contributed by atoms with Crippen LogP contribution in [0, 0.1) is 6.92 Å². The molecular weight excluding hydrogens is 304 g/mol. The molecule has 1 heterocycles. The SMILES string of the molecule is C=CCOC(=O)c1ccc(C)c(-c2cc3ccccc3oc2=O)c1. The van der Waals surface area contributed by atoms with Gasteiger partial charge in [0.15, 0.2) is 0 Å². The smallest absolute Gasteiger partial charge is 0.344 e. The van der Waals surface area contributed by atoms with Crippen LogP contribution < -0.4 is 5.63 Å². The average molecular weight is 320 g/mol. The van der Waals surface area contributed by atoms with Crippen molar-refractivity contribution in [2.24, 2.45) is 0 Å². The number of carbonyl (C=O) groups is 1. The summed E-state index contributed by atoms with van der Waals surface area (Å²) < 4.78 is 10.4. The number of rotatable bonds is 4. The monoisotopic (exact) mass is 320 g/mol. The summed E-state index contributed by atoms with van der Waals surface area (Å²) in [5.74, 6) is -0.457. The van der Waals surface area contributed by atoms with E-state index < -0.39 is 11.6 Å². The zero-order chi connectivity index (χ0) is 17.1. The Morgan fingerprint density at radius 3 is 2.75 bits per heavy atom. The van der Waals surface area contributed by atoms with Crippen LogP contribution in [0.4, 0.5) is 0 Å². The third-order valence-electron chi connectivity index (χ3n) is 3.74. The van der Waals surface area contributed by atoms with Gasteiger partial charge >= 0.3 is 11.6 Å². The number of esters is 1. The summed E-state index contributed by atoms with van der Waals surface area (Å²) in [5, 5.41) is 0.825. The normalized spacial score (nSPS) is 10.5. The Labute approximate surface area is 139 Å². The molecule has 3 aromatic rings. The lowest BCUT2D eigenvalue weighted by Gasteiger charge is -2.09. The van der Waals surface area contributed by atoms with Gasteiger partial charge in [0, 0.05) is 5.39 Å². The first kappa shape index (κ1) is 15.7. The van der Waals surface area contributed by atoms with Crippen LogP contribution in [0.1, 0.15) is 15.9 Å². The Hall–Kier alpha value is -3.14. The predicted molar refractivity (Wildman–Crippen MR) is 93.1 cm³/mol. The number of carbonyl (C=O) groups excluding carboxylic acids is 1. The number of para-hydroxylation sites is 1. The van der Waals surface area contributed by atoms with E-state index in [0.29, 0.717) is 22.3 Å². The maximum atomic E-state index is 12.3. The van der Waals surface area contributed by atoms with Crippen molar-refractivity contribution >= 4 is 16.9 Å². The van der Waals surface area contributed by atoms with Gasteiger partial charge in [0.1, 0.15) is 12.2 Å². The minimum atomic E-state index is -0.457. The van der Waals surface area contributed by atoms with Gasteiger partial charge in [0.25, 0.3) is 0 Å². The molecule has 1 aromatic heterocycles. The maximum absolute atomic E-state index is 12.3. The Balaban J connectivity index is 2.12. The molecule has 120 valence electrons. The molecule has 0 unspecified atom stereocenters. The van der Waals surface area contributed by atoms with Crippen LogP contribution in [0.25, 0.3) is 22.1 Å². The summed E-state index contributed by atoms with van der Waals surface area (Å²) in [5.41, 5.74) is 2.42. The average Bonchev–Trinajstić information content (AvgIpc) is 2.59. The van der Waals surface area contributed by atoms with Gasteiger partial charge in [0.05, 0.1) is 11.1 Å². The Morgan fingerprint density at radius 1 is 1.17 bits per heavy atom. The van der Waals surface area contributed by atoms with Gasteiger partial charge in [0.2, 0.25) is 0 Å². The molecule has 3 rings (SSSR count). The summed E-state index contributed by atoms with van der Waals surface area (Å²) in [6.07, 6.45) is 1.50. The highest BCUT2D eigenvalue weighted by atomic mass is 16.5. The second-order valence-corrected chi connectivity index (χ2v) is 5.40. The lowest BCUT2D eigenvalue weighted by atomic mass is 9.98. The van der Waals surface area contributed by atoms with Crippen LogP contribution in [0.2, 0.25) is 0 Å². The summed E-state index contributed by atoms with van der Waals surface area (Å²) >= 11 is 0. The van der Waals surface area contributed by atoms with E-state index in [-0.39, 0.29) is 6.61 Å². The topological polar surface area (TPSA) is 56.5 Å². The van der Waals surface area contributed by atoms with Crippen LogP contribution in [-0.2, 0) is 4.74 Å². The molecular formula is C20H16O4. The minimum Gasteiger partial charge on any atom is -0.458 e. The lowest BCUT2D eigenvalue weighted by Crippen LogP contribution is -2.08. The largest absolute Gasteiger partial charge is 0.458 e. The molecule has 0 aliphatic carbocycles. The standard InChI is InChI=1S/C20H16O4/c1-3-10-23-19(21)15-9-8-13(2)16(12-15)17-11-14-6-4-5-7-18(14)24-20(17)22/h3-9,11-12H,1,10H2,2H3. The van der Waals surface area contributed by atoms with Gasteiger partial charge < -0.3 is 9.15 Å². The maximum Gasteiger partial charge on any atom is 0.344 e. The van der Waals surface area contributed by atoms with E-state index in [4.69, 9.17) is 9.15 Å². The minimum absolute atomic E-state index is 0.139. The van der Waals surface area contributed by atoms with Crippen molar-refractivity contribution in [1.29, 1.82) is 0 Å². The summed E-state index contributed by atoms with van der Waals surface area (Å²) in [4.78, 5) is 24.4. The van der Waals surface area contributed by atoms with Crippen LogP contribution in [0.3, 0.4) is 0 Å². The Morgan fingerprint density at radius 2 is 1.96 bits per heavy atom. The van der Waals surface area contributed by atoms with E-state index in [0.717, 1.165) is 10.9 Å². The first-order chi connectivity index (χ1) is 11.6. The zero-order valence-corrected chi connectivity index (χ0v) is 13.2. The van der Waals surface area contributed by atoms with Gasteiger partial charge in [-0.25, -0.2) is 9.59 Å². The predicted octanol–water partition coefficient (Wildman–Crippen LogP) is 4.11. The summed E-state index contributed by atoms with van der Waals surface area (Å²) in [6, 6.07) is 14.2. The van der Waals surface area contributed by atoms with Crippen molar-refractivity contribution in [2.45, 2.75) is 6.92 Å². The quantitative estimate of drug-likeness (QED) is 0.412. The highest BCUT2D eigenvalue weighted by Gasteiger charge is 2.14. The number of hydrogen-bond donors (Lipinski definition) is 0. The van der Waals surface area contributed by atoms with E-state index in [1.807, 2.05) is 25.1 Å². The first-order valence-corrected chi connectivity index (χ1v) is 7.52. The fourth-order valence-electron chi connectivity index (χ4n) is 2.51. The van der Waals surface area contributed by atoms with Crippen molar-refractivity contribution in [1.82, 2.24) is 0 Å². The number of fused-ring (bicyclic) bond motifs is 1. The van der Waals surface area contributed by atoms with E-state index in [1.165, 1.54) is 6.08 Å². The van der Waals surface area contributed by atoms with Gasteiger partial charge in [-0.3, -0.25) is 0 Å². The van der Waals surface area contributed by atoms with Crippen LogP contribution in [-0.4, -0.2) is 12.6 Å². The van der Waals surface area contributed by atoms with Gasteiger partial charge in [-0.1, -0.05) is 36.9 Å². The van der Waals surface area contributed by atoms with Crippen LogP contribution >= 0.6 is 0 Å². The molecule has 0 fully saturated rings. The van der Waals surface area contributed by atoms with Crippen molar-refractivity contribution in [3.8, 4) is 11.1 Å². The Bertz CT molecular complexity index is 982. The molecule has 4 nitrogen and oxygen atoms in total. The molecule has 0 radical (unpaired) electrons. The Kier molecular flexibility index (Phi) is 4.29. The van der Waals surface area contributed by atoms with Crippen LogP contribution in [0.5, 0.6) is 0 Å². The molecule has 24 heavy (non-hydrogen) atoms. The summed E-state index contributed by atoms with van der Waals surface area (Å²) in [7, 11) is 0. The molecule has 0 atom stereocenters. The highest BCUT2D eigenvalue weighted by Crippen LogP contribution is 2.25. The molecule has 0 aliphatic rings. The molecule has 2 aromatic carbocycles. The molecule has 0 N–H and O–H groups in total. The summed E-state index contributed by atoms with van der Waals surface area (Å²) in [6.45, 7) is 5.53. The molecule has 0 saturated heterocycles. The molecule has 4 heteroatoms. The molecule has 0 amide bonds. The van der Waals surface area contributed by atoms with E-state index >= 15 is 0 Å². The van der Waals surface area contributed by atoms with E-state index in [1.54, 1.807) is 30.3 Å². The van der Waals surface area contributed by atoms with Gasteiger partial charge in [-0.15, -0.1) is 0 Å². The van der Waals surface area contributed by atoms with E-state index in [9.17, 15) is 9.59 Å². The molecule has 0 aliphatic heterocycles. The van der Waals surface area contributed by atoms with Crippen LogP contribution in [0.15, 0.2) is 70.4 Å². The third-order valence-corrected chi connectivity index (χ3v) is 3.74.